The fraction of sp³-hybridized carbons (Fsp3) is 0.250. The van der Waals surface area contributed by atoms with Gasteiger partial charge in [0.15, 0.2) is 28.9 Å². The Morgan fingerprint density at radius 2 is 1.82 bits per heavy atom. The molecular formula is C20H19F2N3O3. The lowest BCUT2D eigenvalue weighted by Gasteiger charge is -2.28. The van der Waals surface area contributed by atoms with Crippen LogP contribution in [-0.2, 0) is 0 Å². The van der Waals surface area contributed by atoms with Gasteiger partial charge in [-0.25, -0.2) is 8.78 Å². The van der Waals surface area contributed by atoms with E-state index >= 15 is 0 Å². The lowest BCUT2D eigenvalue weighted by Crippen LogP contribution is -2.50. The van der Waals surface area contributed by atoms with Crippen LogP contribution in [0.2, 0.25) is 0 Å². The Bertz CT molecular complexity index is 1000. The van der Waals surface area contributed by atoms with E-state index in [1.165, 1.54) is 25.4 Å². The van der Waals surface area contributed by atoms with Crippen molar-refractivity contribution in [3.8, 4) is 23.0 Å². The molecule has 0 radical (unpaired) electrons. The molecule has 2 N–H and O–H groups in total. The molecule has 0 atom stereocenters. The zero-order chi connectivity index (χ0) is 19.7. The van der Waals surface area contributed by atoms with Gasteiger partial charge in [0, 0.05) is 55.6 Å². The number of pyridine rings is 1. The number of nitrogens with zero attached hydrogens (tertiary/aromatic N) is 1. The van der Waals surface area contributed by atoms with Gasteiger partial charge in [-0.2, -0.15) is 0 Å². The predicted molar refractivity (Wildman–Crippen MR) is 102 cm³/mol. The number of hydrogen-bond acceptors (Lipinski definition) is 6. The second-order valence-corrected chi connectivity index (χ2v) is 6.35. The van der Waals surface area contributed by atoms with Gasteiger partial charge in [-0.05, 0) is 12.1 Å². The van der Waals surface area contributed by atoms with Gasteiger partial charge >= 0.3 is 0 Å². The Kier molecular flexibility index (Phi) is 4.87. The van der Waals surface area contributed by atoms with Crippen LogP contribution >= 0.6 is 0 Å². The second kappa shape index (κ2) is 7.47. The molecule has 1 saturated heterocycles. The summed E-state index contributed by atoms with van der Waals surface area (Å²) in [7, 11) is 3.11. The molecule has 0 unspecified atom stereocenters. The van der Waals surface area contributed by atoms with Crippen LogP contribution in [0.3, 0.4) is 0 Å². The van der Waals surface area contributed by atoms with E-state index in [0.717, 1.165) is 13.1 Å². The summed E-state index contributed by atoms with van der Waals surface area (Å²) >= 11 is 0. The number of ether oxygens (including phenoxy) is 3. The number of nitrogens with one attached hydrogen (secondary N) is 2. The van der Waals surface area contributed by atoms with E-state index in [9.17, 15) is 8.78 Å². The first-order valence-corrected chi connectivity index (χ1v) is 8.78. The summed E-state index contributed by atoms with van der Waals surface area (Å²) in [5, 5.41) is 6.38. The normalized spacial score (nSPS) is 13.9. The number of rotatable bonds is 6. The van der Waals surface area contributed by atoms with Crippen molar-refractivity contribution in [3.63, 3.8) is 0 Å². The zero-order valence-electron chi connectivity index (χ0n) is 15.4. The first-order valence-electron chi connectivity index (χ1n) is 8.78. The predicted octanol–water partition coefficient (Wildman–Crippen LogP) is 3.71. The first-order chi connectivity index (χ1) is 13.6. The summed E-state index contributed by atoms with van der Waals surface area (Å²) in [6.45, 7) is 1.53. The molecule has 8 heteroatoms. The van der Waals surface area contributed by atoms with Crippen molar-refractivity contribution in [3.05, 3.63) is 48.2 Å². The van der Waals surface area contributed by atoms with E-state index in [0.29, 0.717) is 28.1 Å². The molecule has 4 rings (SSSR count). The highest BCUT2D eigenvalue weighted by Gasteiger charge is 2.22. The van der Waals surface area contributed by atoms with Crippen LogP contribution in [0.1, 0.15) is 0 Å². The molecule has 2 aromatic carbocycles. The lowest BCUT2D eigenvalue weighted by molar-refractivity contribution is 0.137. The summed E-state index contributed by atoms with van der Waals surface area (Å²) in [5.41, 5.74) is 0.879. The Morgan fingerprint density at radius 3 is 2.43 bits per heavy atom. The molecule has 0 bridgehead atoms. The standard InChI is InChI=1S/C20H19F2N3O3/c1-23-11-5-14(21)20(15(22)6-11)28-17-3-4-25-16-8-19(27-12-9-24-10-12)18(26-2)7-13(16)17/h3-8,12,23-24H,9-10H2,1-2H3. The number of anilines is 1. The smallest absolute Gasteiger partial charge is 0.198 e. The molecule has 0 saturated carbocycles. The van der Waals surface area contributed by atoms with E-state index < -0.39 is 17.4 Å². The molecule has 1 aliphatic heterocycles. The van der Waals surface area contributed by atoms with Crippen LogP contribution in [0.5, 0.6) is 23.0 Å². The molecule has 146 valence electrons. The van der Waals surface area contributed by atoms with Crippen molar-refractivity contribution < 1.29 is 23.0 Å². The van der Waals surface area contributed by atoms with Crippen LogP contribution in [0.15, 0.2) is 36.5 Å². The Balaban J connectivity index is 1.73. The maximum atomic E-state index is 14.3. The molecule has 1 aliphatic rings. The summed E-state index contributed by atoms with van der Waals surface area (Å²) in [5.74, 6) is -0.787. The van der Waals surface area contributed by atoms with Crippen molar-refractivity contribution in [1.29, 1.82) is 0 Å². The van der Waals surface area contributed by atoms with Gasteiger partial charge in [-0.1, -0.05) is 0 Å². The Labute approximate surface area is 160 Å². The quantitative estimate of drug-likeness (QED) is 0.672. The number of fused-ring (bicyclic) bond motifs is 1. The number of halogens is 2. The summed E-state index contributed by atoms with van der Waals surface area (Å²) < 4.78 is 45.5. The van der Waals surface area contributed by atoms with Gasteiger partial charge in [0.05, 0.1) is 12.6 Å². The average molecular weight is 387 g/mol. The van der Waals surface area contributed by atoms with Gasteiger partial charge in [-0.15, -0.1) is 0 Å². The second-order valence-electron chi connectivity index (χ2n) is 6.35. The molecule has 0 amide bonds. The van der Waals surface area contributed by atoms with Crippen LogP contribution in [-0.4, -0.2) is 38.3 Å². The average Bonchev–Trinajstić information content (AvgIpc) is 2.66. The summed E-state index contributed by atoms with van der Waals surface area (Å²) in [6, 6.07) is 7.30. The molecule has 1 aromatic heterocycles. The first kappa shape index (κ1) is 18.2. The van der Waals surface area contributed by atoms with Gasteiger partial charge < -0.3 is 24.8 Å². The number of methoxy groups -OCH3 is 1. The van der Waals surface area contributed by atoms with Crippen molar-refractivity contribution >= 4 is 16.6 Å². The van der Waals surface area contributed by atoms with E-state index in [2.05, 4.69) is 15.6 Å². The number of benzene rings is 2. The molecule has 1 fully saturated rings. The third kappa shape index (κ3) is 3.38. The minimum absolute atomic E-state index is 0.0691. The zero-order valence-corrected chi connectivity index (χ0v) is 15.4. The van der Waals surface area contributed by atoms with E-state index in [4.69, 9.17) is 14.2 Å². The SMILES string of the molecule is CNc1cc(F)c(Oc2ccnc3cc(OC4CNC4)c(OC)cc23)c(F)c1. The third-order valence-corrected chi connectivity index (χ3v) is 4.52. The van der Waals surface area contributed by atoms with Gasteiger partial charge in [0.2, 0.25) is 0 Å². The van der Waals surface area contributed by atoms with Crippen molar-refractivity contribution in [2.75, 3.05) is 32.6 Å². The highest BCUT2D eigenvalue weighted by atomic mass is 19.1. The van der Waals surface area contributed by atoms with E-state index in [1.54, 1.807) is 25.2 Å². The van der Waals surface area contributed by atoms with Crippen molar-refractivity contribution in [1.82, 2.24) is 10.3 Å². The van der Waals surface area contributed by atoms with Crippen molar-refractivity contribution in [2.45, 2.75) is 6.10 Å². The maximum Gasteiger partial charge on any atom is 0.198 e. The molecule has 0 spiro atoms. The van der Waals surface area contributed by atoms with Gasteiger partial charge in [-0.3, -0.25) is 4.98 Å². The van der Waals surface area contributed by atoms with Crippen molar-refractivity contribution in [2.24, 2.45) is 0 Å². The summed E-state index contributed by atoms with van der Waals surface area (Å²) in [4.78, 5) is 4.31. The molecule has 3 aromatic rings. The number of hydrogen-bond donors (Lipinski definition) is 2. The molecule has 0 aliphatic carbocycles. The minimum Gasteiger partial charge on any atom is -0.493 e. The monoisotopic (exact) mass is 387 g/mol. The molecular weight excluding hydrogens is 368 g/mol. The van der Waals surface area contributed by atoms with Crippen LogP contribution < -0.4 is 24.8 Å². The fourth-order valence-electron chi connectivity index (χ4n) is 2.91. The lowest BCUT2D eigenvalue weighted by atomic mass is 10.1. The van der Waals surface area contributed by atoms with Gasteiger partial charge in [0.25, 0.3) is 0 Å². The third-order valence-electron chi connectivity index (χ3n) is 4.52. The highest BCUT2D eigenvalue weighted by molar-refractivity contribution is 5.88. The Hall–Kier alpha value is -3.13. The highest BCUT2D eigenvalue weighted by Crippen LogP contribution is 2.39. The van der Waals surface area contributed by atoms with E-state index in [1.807, 2.05) is 0 Å². The largest absolute Gasteiger partial charge is 0.493 e. The van der Waals surface area contributed by atoms with E-state index in [-0.39, 0.29) is 11.9 Å². The topological polar surface area (TPSA) is 64.6 Å². The molecule has 2 heterocycles. The Morgan fingerprint density at radius 1 is 1.07 bits per heavy atom. The molecule has 6 nitrogen and oxygen atoms in total. The van der Waals surface area contributed by atoms with Crippen LogP contribution in [0.4, 0.5) is 14.5 Å². The summed E-state index contributed by atoms with van der Waals surface area (Å²) in [6.07, 6.45) is 1.58. The van der Waals surface area contributed by atoms with Crippen LogP contribution in [0.25, 0.3) is 10.9 Å². The number of aromatic nitrogens is 1. The van der Waals surface area contributed by atoms with Gasteiger partial charge in [0.1, 0.15) is 11.9 Å². The van der Waals surface area contributed by atoms with Crippen LogP contribution in [0, 0.1) is 11.6 Å². The maximum absolute atomic E-state index is 14.3. The minimum atomic E-state index is -0.807. The molecule has 28 heavy (non-hydrogen) atoms. The fourth-order valence-corrected chi connectivity index (χ4v) is 2.91.